The molecule has 10 heteroatoms. The van der Waals surface area contributed by atoms with Crippen LogP contribution in [0.5, 0.6) is 0 Å². The van der Waals surface area contributed by atoms with Crippen LogP contribution in [0.2, 0.25) is 0 Å². The number of amides is 1. The molecule has 2 heterocycles. The molecule has 4 nitrogen and oxygen atoms in total. The van der Waals surface area contributed by atoms with Crippen molar-refractivity contribution >= 4 is 55.1 Å². The molecule has 0 aliphatic carbocycles. The highest BCUT2D eigenvalue weighted by Crippen LogP contribution is 2.46. The average Bonchev–Trinajstić information content (AvgIpc) is 2.92. The summed E-state index contributed by atoms with van der Waals surface area (Å²) in [6, 6.07) is 1.49. The van der Waals surface area contributed by atoms with Gasteiger partial charge in [0.15, 0.2) is 5.41 Å². The Hall–Kier alpha value is -0.610. The van der Waals surface area contributed by atoms with Gasteiger partial charge in [0.05, 0.1) is 13.1 Å². The first-order valence-electron chi connectivity index (χ1n) is 5.63. The van der Waals surface area contributed by atoms with Gasteiger partial charge in [-0.05, 0) is 44.3 Å². The Morgan fingerprint density at radius 3 is 2.38 bits per heavy atom. The van der Waals surface area contributed by atoms with Crippen molar-refractivity contribution < 1.29 is 27.9 Å². The molecule has 1 amide bonds. The molecule has 1 fully saturated rings. The van der Waals surface area contributed by atoms with Crippen molar-refractivity contribution in [2.45, 2.75) is 12.6 Å². The Kier molecular flexibility index (Phi) is 4.42. The molecule has 21 heavy (non-hydrogen) atoms. The molecule has 1 saturated heterocycles. The minimum atomic E-state index is -4.90. The van der Waals surface area contributed by atoms with Crippen molar-refractivity contribution in [3.63, 3.8) is 0 Å². The fraction of sp³-hybridized carbons (Fsp3) is 0.455. The maximum Gasteiger partial charge on any atom is 0.406 e. The summed E-state index contributed by atoms with van der Waals surface area (Å²) in [6.07, 6.45) is -5.54. The standard InChI is InChI=1S/C11H8Br2F3NO3S/c12-6-3-5(7(13)21-6)8(18)17-2-1-10(4-17,9(19)20)11(14,15)16/h3H,1-2,4H2,(H,19,20). The van der Waals surface area contributed by atoms with Gasteiger partial charge in [-0.1, -0.05) is 0 Å². The number of carbonyl (C=O) groups is 2. The molecule has 1 N–H and O–H groups in total. The Balaban J connectivity index is 2.28. The van der Waals surface area contributed by atoms with Crippen LogP contribution in [-0.4, -0.2) is 41.1 Å². The molecule has 1 aromatic heterocycles. The van der Waals surface area contributed by atoms with Crippen LogP contribution in [0.25, 0.3) is 0 Å². The van der Waals surface area contributed by atoms with Crippen molar-refractivity contribution in [1.29, 1.82) is 0 Å². The second kappa shape index (κ2) is 5.54. The van der Waals surface area contributed by atoms with E-state index in [2.05, 4.69) is 31.9 Å². The predicted molar refractivity (Wildman–Crippen MR) is 76.4 cm³/mol. The van der Waals surface area contributed by atoms with E-state index in [0.29, 0.717) is 7.57 Å². The maximum atomic E-state index is 13.1. The minimum Gasteiger partial charge on any atom is -0.481 e. The van der Waals surface area contributed by atoms with Gasteiger partial charge in [0.1, 0.15) is 0 Å². The molecule has 116 valence electrons. The van der Waals surface area contributed by atoms with Crippen LogP contribution >= 0.6 is 43.2 Å². The van der Waals surface area contributed by atoms with Crippen LogP contribution < -0.4 is 0 Å². The monoisotopic (exact) mass is 449 g/mol. The van der Waals surface area contributed by atoms with Crippen LogP contribution in [0.3, 0.4) is 0 Å². The van der Waals surface area contributed by atoms with E-state index in [9.17, 15) is 22.8 Å². The molecule has 1 aromatic rings. The van der Waals surface area contributed by atoms with Crippen molar-refractivity contribution in [3.05, 3.63) is 19.2 Å². The number of carboxylic acid groups (broad SMARTS) is 1. The number of likely N-dealkylation sites (tertiary alicyclic amines) is 1. The third-order valence-electron chi connectivity index (χ3n) is 3.40. The molecule has 1 unspecified atom stereocenters. The van der Waals surface area contributed by atoms with Gasteiger partial charge in [0.25, 0.3) is 5.91 Å². The molecule has 0 saturated carbocycles. The number of nitrogens with zero attached hydrogens (tertiary/aromatic N) is 1. The third kappa shape index (κ3) is 2.85. The zero-order valence-corrected chi connectivity index (χ0v) is 14.2. The summed E-state index contributed by atoms with van der Waals surface area (Å²) in [7, 11) is 0. The summed E-state index contributed by atoms with van der Waals surface area (Å²) >= 11 is 7.56. The van der Waals surface area contributed by atoms with Gasteiger partial charge < -0.3 is 10.0 Å². The third-order valence-corrected chi connectivity index (χ3v) is 5.73. The first kappa shape index (κ1) is 16.8. The van der Waals surface area contributed by atoms with Crippen LogP contribution in [0.4, 0.5) is 13.2 Å². The smallest absolute Gasteiger partial charge is 0.406 e. The van der Waals surface area contributed by atoms with E-state index in [1.165, 1.54) is 17.4 Å². The summed E-state index contributed by atoms with van der Waals surface area (Å²) in [5.74, 6) is -2.56. The van der Waals surface area contributed by atoms with Crippen LogP contribution in [0.1, 0.15) is 16.8 Å². The van der Waals surface area contributed by atoms with Gasteiger partial charge in [-0.15, -0.1) is 11.3 Å². The molecule has 0 aromatic carbocycles. The minimum absolute atomic E-state index is 0.218. The summed E-state index contributed by atoms with van der Waals surface area (Å²) in [5.41, 5.74) is -2.67. The van der Waals surface area contributed by atoms with Gasteiger partial charge in [0.2, 0.25) is 0 Å². The molecule has 0 spiro atoms. The summed E-state index contributed by atoms with van der Waals surface area (Å²) in [5, 5.41) is 8.96. The number of halogens is 5. The fourth-order valence-corrected chi connectivity index (χ4v) is 4.94. The molecule has 2 rings (SSSR count). The normalized spacial score (nSPS) is 22.6. The fourth-order valence-electron chi connectivity index (χ4n) is 2.17. The number of alkyl halides is 3. The number of hydrogen-bond acceptors (Lipinski definition) is 3. The highest BCUT2D eigenvalue weighted by atomic mass is 79.9. The zero-order valence-electron chi connectivity index (χ0n) is 10.2. The SMILES string of the molecule is O=C(c1cc(Br)sc1Br)N1CCC(C(=O)O)(C(F)(F)F)C1. The lowest BCUT2D eigenvalue weighted by molar-refractivity contribution is -0.227. The quantitative estimate of drug-likeness (QED) is 0.746. The van der Waals surface area contributed by atoms with E-state index >= 15 is 0 Å². The number of thiophene rings is 1. The van der Waals surface area contributed by atoms with Crippen LogP contribution in [-0.2, 0) is 4.79 Å². The van der Waals surface area contributed by atoms with E-state index in [1.807, 2.05) is 0 Å². The number of carbonyl (C=O) groups excluding carboxylic acids is 1. The van der Waals surface area contributed by atoms with E-state index in [4.69, 9.17) is 5.11 Å². The molecular weight excluding hydrogens is 443 g/mol. The highest BCUT2D eigenvalue weighted by Gasteiger charge is 2.64. The van der Waals surface area contributed by atoms with Gasteiger partial charge in [-0.2, -0.15) is 13.2 Å². The lowest BCUT2D eigenvalue weighted by Crippen LogP contribution is -2.47. The van der Waals surface area contributed by atoms with Gasteiger partial charge >= 0.3 is 12.1 Å². The van der Waals surface area contributed by atoms with E-state index in [0.717, 1.165) is 4.90 Å². The van der Waals surface area contributed by atoms with E-state index in [1.54, 1.807) is 0 Å². The first-order valence-corrected chi connectivity index (χ1v) is 8.03. The molecular formula is C11H8Br2F3NO3S. The highest BCUT2D eigenvalue weighted by molar-refractivity contribution is 9.12. The lowest BCUT2D eigenvalue weighted by atomic mass is 9.86. The number of hydrogen-bond donors (Lipinski definition) is 1. The Morgan fingerprint density at radius 1 is 1.38 bits per heavy atom. The largest absolute Gasteiger partial charge is 0.481 e. The molecule has 0 radical (unpaired) electrons. The van der Waals surface area contributed by atoms with Crippen molar-refractivity contribution in [2.75, 3.05) is 13.1 Å². The second-order valence-corrected chi connectivity index (χ2v) is 8.35. The molecule has 1 atom stereocenters. The summed E-state index contributed by atoms with van der Waals surface area (Å²) in [6.45, 7) is -1.12. The van der Waals surface area contributed by atoms with Crippen molar-refractivity contribution in [3.8, 4) is 0 Å². The average molecular weight is 451 g/mol. The second-order valence-electron chi connectivity index (χ2n) is 4.60. The van der Waals surface area contributed by atoms with E-state index < -0.39 is 36.4 Å². The van der Waals surface area contributed by atoms with Crippen LogP contribution in [0, 0.1) is 5.41 Å². The summed E-state index contributed by atoms with van der Waals surface area (Å²) < 4.78 is 40.3. The number of rotatable bonds is 2. The molecule has 0 bridgehead atoms. The first-order chi connectivity index (χ1) is 9.58. The van der Waals surface area contributed by atoms with Gasteiger partial charge in [-0.25, -0.2) is 0 Å². The van der Waals surface area contributed by atoms with Gasteiger partial charge in [-0.3, -0.25) is 9.59 Å². The van der Waals surface area contributed by atoms with Crippen molar-refractivity contribution in [2.24, 2.45) is 5.41 Å². The predicted octanol–water partition coefficient (Wildman–Crippen LogP) is 3.75. The molecule has 1 aliphatic heterocycles. The topological polar surface area (TPSA) is 57.6 Å². The zero-order chi connectivity index (χ0) is 16.0. The number of aliphatic carboxylic acids is 1. The number of carboxylic acids is 1. The van der Waals surface area contributed by atoms with Crippen molar-refractivity contribution in [1.82, 2.24) is 4.90 Å². The summed E-state index contributed by atoms with van der Waals surface area (Å²) in [4.78, 5) is 24.2. The Morgan fingerprint density at radius 2 is 2.00 bits per heavy atom. The Bertz CT molecular complexity index is 604. The Labute approximate surface area is 138 Å². The van der Waals surface area contributed by atoms with Crippen LogP contribution in [0.15, 0.2) is 13.6 Å². The van der Waals surface area contributed by atoms with Gasteiger partial charge in [0, 0.05) is 13.1 Å². The van der Waals surface area contributed by atoms with E-state index in [-0.39, 0.29) is 12.1 Å². The molecule has 1 aliphatic rings. The maximum absolute atomic E-state index is 13.1. The lowest BCUT2D eigenvalue weighted by Gasteiger charge is -2.27.